The van der Waals surface area contributed by atoms with Crippen molar-refractivity contribution in [1.82, 2.24) is 9.38 Å². The highest BCUT2D eigenvalue weighted by molar-refractivity contribution is 7.17. The van der Waals surface area contributed by atoms with E-state index in [2.05, 4.69) is 41.4 Å². The fraction of sp³-hybridized carbons (Fsp3) is 0.250. The van der Waals surface area contributed by atoms with Gasteiger partial charge in [0, 0.05) is 10.6 Å². The van der Waals surface area contributed by atoms with Crippen LogP contribution in [0.25, 0.3) is 16.0 Å². The summed E-state index contributed by atoms with van der Waals surface area (Å²) in [6.07, 6.45) is 1.06. The third-order valence-electron chi connectivity index (χ3n) is 2.79. The van der Waals surface area contributed by atoms with Crippen LogP contribution < -0.4 is 0 Å². The van der Waals surface area contributed by atoms with E-state index in [0.717, 1.165) is 16.9 Å². The summed E-state index contributed by atoms with van der Waals surface area (Å²) in [5.41, 5.74) is 3.72. The summed E-state index contributed by atoms with van der Waals surface area (Å²) in [6, 6.07) is 8.32. The van der Waals surface area contributed by atoms with Gasteiger partial charge in [0.15, 0.2) is 4.96 Å². The number of para-hydroxylation sites is 2. The van der Waals surface area contributed by atoms with Gasteiger partial charge in [0.05, 0.1) is 11.0 Å². The Morgan fingerprint density at radius 2 is 2.13 bits per heavy atom. The molecule has 0 aliphatic heterocycles. The highest BCUT2D eigenvalue weighted by atomic mass is 32.1. The molecule has 2 aromatic heterocycles. The number of fused-ring (bicyclic) bond motifs is 3. The van der Waals surface area contributed by atoms with Crippen molar-refractivity contribution in [2.24, 2.45) is 0 Å². The summed E-state index contributed by atoms with van der Waals surface area (Å²) in [4.78, 5) is 7.12. The fourth-order valence-corrected chi connectivity index (χ4v) is 3.16. The summed E-state index contributed by atoms with van der Waals surface area (Å²) in [7, 11) is 0. The molecule has 3 rings (SSSR count). The molecule has 0 radical (unpaired) electrons. The standard InChI is InChI=1S/C12H12N2S/c1-3-10-8(2)15-12-13-9-6-4-5-7-11(9)14(10)12/h4-7H,3H2,1-2H3. The Morgan fingerprint density at radius 1 is 1.33 bits per heavy atom. The molecule has 0 fully saturated rings. The number of hydrogen-bond donors (Lipinski definition) is 0. The van der Waals surface area contributed by atoms with Crippen LogP contribution in [-0.4, -0.2) is 9.38 Å². The first-order valence-corrected chi connectivity index (χ1v) is 5.98. The van der Waals surface area contributed by atoms with Gasteiger partial charge in [0.1, 0.15) is 0 Å². The summed E-state index contributed by atoms with van der Waals surface area (Å²) in [5, 5.41) is 0. The van der Waals surface area contributed by atoms with Crippen molar-refractivity contribution in [2.75, 3.05) is 0 Å². The monoisotopic (exact) mass is 216 g/mol. The van der Waals surface area contributed by atoms with E-state index in [-0.39, 0.29) is 0 Å². The van der Waals surface area contributed by atoms with Crippen molar-refractivity contribution in [1.29, 1.82) is 0 Å². The molecular formula is C12H12N2S. The second-order valence-corrected chi connectivity index (χ2v) is 4.86. The van der Waals surface area contributed by atoms with Crippen LogP contribution in [0.1, 0.15) is 17.5 Å². The lowest BCUT2D eigenvalue weighted by atomic mass is 10.3. The largest absolute Gasteiger partial charge is 0.287 e. The fourth-order valence-electron chi connectivity index (χ4n) is 2.09. The maximum absolute atomic E-state index is 4.63. The minimum Gasteiger partial charge on any atom is -0.287 e. The lowest BCUT2D eigenvalue weighted by molar-refractivity contribution is 1.01. The molecule has 0 N–H and O–H groups in total. The molecule has 15 heavy (non-hydrogen) atoms. The summed E-state index contributed by atoms with van der Waals surface area (Å²) in [6.45, 7) is 4.37. The van der Waals surface area contributed by atoms with Crippen molar-refractivity contribution >= 4 is 27.3 Å². The molecule has 0 aliphatic rings. The highest BCUT2D eigenvalue weighted by Gasteiger charge is 2.11. The maximum Gasteiger partial charge on any atom is 0.195 e. The van der Waals surface area contributed by atoms with E-state index in [0.29, 0.717) is 0 Å². The first-order valence-electron chi connectivity index (χ1n) is 5.16. The number of nitrogens with zero attached hydrogens (tertiary/aromatic N) is 2. The average molecular weight is 216 g/mol. The van der Waals surface area contributed by atoms with Crippen molar-refractivity contribution < 1.29 is 0 Å². The molecule has 2 nitrogen and oxygen atoms in total. The van der Waals surface area contributed by atoms with E-state index in [9.17, 15) is 0 Å². The quantitative estimate of drug-likeness (QED) is 0.609. The molecule has 0 saturated heterocycles. The molecule has 3 aromatic rings. The van der Waals surface area contributed by atoms with Crippen LogP contribution in [0.15, 0.2) is 24.3 Å². The van der Waals surface area contributed by atoms with Crippen LogP contribution in [0.5, 0.6) is 0 Å². The molecule has 76 valence electrons. The SMILES string of the molecule is CCc1c(C)sc2nc3ccccc3n12. The van der Waals surface area contributed by atoms with Gasteiger partial charge in [0.2, 0.25) is 0 Å². The van der Waals surface area contributed by atoms with Gasteiger partial charge < -0.3 is 0 Å². The summed E-state index contributed by atoms with van der Waals surface area (Å²) >= 11 is 1.78. The van der Waals surface area contributed by atoms with Crippen LogP contribution in [0.3, 0.4) is 0 Å². The molecule has 0 saturated carbocycles. The van der Waals surface area contributed by atoms with Crippen molar-refractivity contribution in [3.8, 4) is 0 Å². The normalized spacial score (nSPS) is 11.6. The van der Waals surface area contributed by atoms with E-state index in [1.54, 1.807) is 11.3 Å². The Labute approximate surface area is 92.2 Å². The zero-order valence-electron chi connectivity index (χ0n) is 8.82. The smallest absolute Gasteiger partial charge is 0.195 e. The first kappa shape index (κ1) is 8.92. The predicted molar refractivity (Wildman–Crippen MR) is 64.7 cm³/mol. The maximum atomic E-state index is 4.63. The van der Waals surface area contributed by atoms with Gasteiger partial charge in [-0.2, -0.15) is 0 Å². The third kappa shape index (κ3) is 1.13. The number of aromatic nitrogens is 2. The number of aryl methyl sites for hydroxylation is 2. The average Bonchev–Trinajstić information content (AvgIpc) is 2.72. The molecule has 0 unspecified atom stereocenters. The Hall–Kier alpha value is -1.35. The highest BCUT2D eigenvalue weighted by Crippen LogP contribution is 2.27. The second-order valence-electron chi connectivity index (χ2n) is 3.68. The van der Waals surface area contributed by atoms with E-state index < -0.39 is 0 Å². The van der Waals surface area contributed by atoms with Gasteiger partial charge in [-0.15, -0.1) is 11.3 Å². The Balaban J connectivity index is 2.55. The van der Waals surface area contributed by atoms with Gasteiger partial charge in [-0.05, 0) is 25.5 Å². The summed E-state index contributed by atoms with van der Waals surface area (Å²) < 4.78 is 2.29. The molecule has 0 amide bonds. The topological polar surface area (TPSA) is 17.3 Å². The minimum absolute atomic E-state index is 1.06. The second kappa shape index (κ2) is 3.07. The third-order valence-corrected chi connectivity index (χ3v) is 3.78. The molecule has 0 bridgehead atoms. The van der Waals surface area contributed by atoms with Gasteiger partial charge in [-0.3, -0.25) is 4.40 Å². The Kier molecular flexibility index (Phi) is 1.83. The minimum atomic E-state index is 1.06. The number of rotatable bonds is 1. The van der Waals surface area contributed by atoms with E-state index in [4.69, 9.17) is 0 Å². The molecular weight excluding hydrogens is 204 g/mol. The van der Waals surface area contributed by atoms with Gasteiger partial charge in [-0.25, -0.2) is 4.98 Å². The van der Waals surface area contributed by atoms with Gasteiger partial charge in [0.25, 0.3) is 0 Å². The van der Waals surface area contributed by atoms with Crippen molar-refractivity contribution in [2.45, 2.75) is 20.3 Å². The number of benzene rings is 1. The Morgan fingerprint density at radius 3 is 2.93 bits per heavy atom. The lowest BCUT2D eigenvalue weighted by Gasteiger charge is -1.97. The molecule has 1 aromatic carbocycles. The molecule has 0 atom stereocenters. The van der Waals surface area contributed by atoms with E-state index >= 15 is 0 Å². The van der Waals surface area contributed by atoms with E-state index in [1.165, 1.54) is 16.1 Å². The molecule has 0 aliphatic carbocycles. The number of thiazole rings is 1. The zero-order chi connectivity index (χ0) is 10.4. The number of hydrogen-bond acceptors (Lipinski definition) is 2. The molecule has 3 heteroatoms. The number of imidazole rings is 1. The first-order chi connectivity index (χ1) is 7.31. The van der Waals surface area contributed by atoms with E-state index in [1.807, 2.05) is 6.07 Å². The van der Waals surface area contributed by atoms with Crippen LogP contribution in [0, 0.1) is 6.92 Å². The lowest BCUT2D eigenvalue weighted by Crippen LogP contribution is -1.90. The van der Waals surface area contributed by atoms with Crippen molar-refractivity contribution in [3.05, 3.63) is 34.8 Å². The summed E-state index contributed by atoms with van der Waals surface area (Å²) in [5.74, 6) is 0. The van der Waals surface area contributed by atoms with Crippen molar-refractivity contribution in [3.63, 3.8) is 0 Å². The predicted octanol–water partition coefficient (Wildman–Crippen LogP) is 3.42. The Bertz CT molecular complexity index is 633. The van der Waals surface area contributed by atoms with Gasteiger partial charge in [-0.1, -0.05) is 19.1 Å². The molecule has 0 spiro atoms. The van der Waals surface area contributed by atoms with Crippen LogP contribution in [-0.2, 0) is 6.42 Å². The van der Waals surface area contributed by atoms with Crippen LogP contribution in [0.2, 0.25) is 0 Å². The van der Waals surface area contributed by atoms with Crippen LogP contribution >= 0.6 is 11.3 Å². The molecule has 2 heterocycles. The zero-order valence-corrected chi connectivity index (χ0v) is 9.64. The van der Waals surface area contributed by atoms with Gasteiger partial charge >= 0.3 is 0 Å². The van der Waals surface area contributed by atoms with Crippen LogP contribution in [0.4, 0.5) is 0 Å².